The van der Waals surface area contributed by atoms with Gasteiger partial charge in [0.2, 0.25) is 5.91 Å². The van der Waals surface area contributed by atoms with Crippen molar-refractivity contribution in [3.8, 4) is 0 Å². The minimum atomic E-state index is 0.152. The van der Waals surface area contributed by atoms with Crippen LogP contribution >= 0.6 is 0 Å². The molecule has 2 heterocycles. The van der Waals surface area contributed by atoms with E-state index in [0.717, 1.165) is 38.3 Å². The Bertz CT molecular complexity index is 633. The largest absolute Gasteiger partial charge is 0.384 e. The summed E-state index contributed by atoms with van der Waals surface area (Å²) < 4.78 is 7.58. The van der Waals surface area contributed by atoms with Crippen LogP contribution in [0, 0.1) is 11.8 Å². The highest BCUT2D eigenvalue weighted by atomic mass is 16.5. The van der Waals surface area contributed by atoms with Gasteiger partial charge in [-0.2, -0.15) is 5.10 Å². The summed E-state index contributed by atoms with van der Waals surface area (Å²) in [6, 6.07) is 0. The van der Waals surface area contributed by atoms with Crippen molar-refractivity contribution in [3.05, 3.63) is 29.6 Å². The maximum absolute atomic E-state index is 13.0. The van der Waals surface area contributed by atoms with E-state index in [1.165, 1.54) is 24.1 Å². The van der Waals surface area contributed by atoms with Gasteiger partial charge < -0.3 is 9.64 Å². The van der Waals surface area contributed by atoms with Crippen LogP contribution in [0.3, 0.4) is 0 Å². The average Bonchev–Trinajstić information content (AvgIpc) is 3.34. The zero-order valence-corrected chi connectivity index (χ0v) is 14.5. The van der Waals surface area contributed by atoms with Gasteiger partial charge in [0.1, 0.15) is 0 Å². The second kappa shape index (κ2) is 6.71. The van der Waals surface area contributed by atoms with Crippen molar-refractivity contribution < 1.29 is 9.53 Å². The zero-order chi connectivity index (χ0) is 16.5. The Kier molecular flexibility index (Phi) is 4.44. The lowest BCUT2D eigenvalue weighted by molar-refractivity contribution is -0.137. The van der Waals surface area contributed by atoms with Gasteiger partial charge >= 0.3 is 0 Å². The molecule has 3 aliphatic rings. The number of amides is 1. The molecule has 1 aromatic rings. The van der Waals surface area contributed by atoms with E-state index >= 15 is 0 Å². The minimum Gasteiger partial charge on any atom is -0.384 e. The van der Waals surface area contributed by atoms with Crippen molar-refractivity contribution in [2.45, 2.75) is 51.1 Å². The number of hydrogen-bond acceptors (Lipinski definition) is 3. The SMILES string of the molecule is COCC1CN(C(=O)C2CC=CCC2)Cc2c1cnn2CC1CC1. The van der Waals surface area contributed by atoms with Crippen molar-refractivity contribution in [1.82, 2.24) is 14.7 Å². The first-order valence-corrected chi connectivity index (χ1v) is 9.23. The molecule has 5 nitrogen and oxygen atoms in total. The van der Waals surface area contributed by atoms with Gasteiger partial charge in [0.25, 0.3) is 0 Å². The average molecular weight is 329 g/mol. The molecule has 1 saturated carbocycles. The first kappa shape index (κ1) is 15.9. The van der Waals surface area contributed by atoms with Gasteiger partial charge in [-0.1, -0.05) is 12.2 Å². The second-order valence-corrected chi connectivity index (χ2v) is 7.52. The van der Waals surface area contributed by atoms with Crippen LogP contribution in [0.2, 0.25) is 0 Å². The molecule has 0 aromatic carbocycles. The van der Waals surface area contributed by atoms with Crippen molar-refractivity contribution in [3.63, 3.8) is 0 Å². The van der Waals surface area contributed by atoms with E-state index in [1.54, 1.807) is 7.11 Å². The lowest BCUT2D eigenvalue weighted by Gasteiger charge is -2.35. The molecule has 0 radical (unpaired) electrons. The van der Waals surface area contributed by atoms with Gasteiger partial charge in [0.05, 0.1) is 25.0 Å². The lowest BCUT2D eigenvalue weighted by Crippen LogP contribution is -2.43. The topological polar surface area (TPSA) is 47.4 Å². The highest BCUT2D eigenvalue weighted by Crippen LogP contribution is 2.35. The van der Waals surface area contributed by atoms with E-state index in [4.69, 9.17) is 4.74 Å². The van der Waals surface area contributed by atoms with Gasteiger partial charge in [0.15, 0.2) is 0 Å². The Balaban J connectivity index is 1.55. The van der Waals surface area contributed by atoms with Crippen molar-refractivity contribution in [2.24, 2.45) is 11.8 Å². The van der Waals surface area contributed by atoms with Crippen molar-refractivity contribution in [1.29, 1.82) is 0 Å². The summed E-state index contributed by atoms with van der Waals surface area (Å²) >= 11 is 0. The Morgan fingerprint density at radius 1 is 1.33 bits per heavy atom. The summed E-state index contributed by atoms with van der Waals surface area (Å²) in [4.78, 5) is 15.1. The second-order valence-electron chi connectivity index (χ2n) is 7.52. The molecule has 1 amide bonds. The Hall–Kier alpha value is -1.62. The van der Waals surface area contributed by atoms with Gasteiger partial charge in [0, 0.05) is 37.6 Å². The summed E-state index contributed by atoms with van der Waals surface area (Å²) in [6.07, 6.45) is 11.9. The van der Waals surface area contributed by atoms with Crippen molar-refractivity contribution in [2.75, 3.05) is 20.3 Å². The third-order valence-corrected chi connectivity index (χ3v) is 5.63. The molecule has 2 atom stereocenters. The number of carbonyl (C=O) groups excluding carboxylic acids is 1. The van der Waals surface area contributed by atoms with E-state index in [2.05, 4.69) is 26.8 Å². The van der Waals surface area contributed by atoms with Gasteiger partial charge in [-0.05, 0) is 38.0 Å². The fourth-order valence-electron chi connectivity index (χ4n) is 4.04. The number of aromatic nitrogens is 2. The number of carbonyl (C=O) groups is 1. The number of fused-ring (bicyclic) bond motifs is 1. The molecule has 1 fully saturated rings. The Morgan fingerprint density at radius 2 is 2.21 bits per heavy atom. The molecular weight excluding hydrogens is 302 g/mol. The molecule has 2 unspecified atom stereocenters. The molecule has 24 heavy (non-hydrogen) atoms. The molecule has 4 rings (SSSR count). The molecular formula is C19H27N3O2. The lowest BCUT2D eigenvalue weighted by atomic mass is 9.90. The smallest absolute Gasteiger partial charge is 0.226 e. The maximum atomic E-state index is 13.0. The predicted molar refractivity (Wildman–Crippen MR) is 91.5 cm³/mol. The van der Waals surface area contributed by atoms with E-state index in [9.17, 15) is 4.79 Å². The third kappa shape index (κ3) is 3.14. The molecule has 5 heteroatoms. The number of rotatable bonds is 5. The van der Waals surface area contributed by atoms with E-state index < -0.39 is 0 Å². The van der Waals surface area contributed by atoms with Crippen molar-refractivity contribution >= 4 is 5.91 Å². The molecule has 1 aromatic heterocycles. The van der Waals surface area contributed by atoms with Crippen LogP contribution in [0.15, 0.2) is 18.3 Å². The molecule has 0 N–H and O–H groups in total. The predicted octanol–water partition coefficient (Wildman–Crippen LogP) is 2.72. The number of allylic oxidation sites excluding steroid dienone is 2. The van der Waals surface area contributed by atoms with E-state index in [1.807, 2.05) is 6.20 Å². The Morgan fingerprint density at radius 3 is 2.92 bits per heavy atom. The van der Waals surface area contributed by atoms with Gasteiger partial charge in [-0.15, -0.1) is 0 Å². The molecule has 0 spiro atoms. The fraction of sp³-hybridized carbons (Fsp3) is 0.684. The first-order valence-electron chi connectivity index (χ1n) is 9.23. The normalized spacial score (nSPS) is 26.5. The Labute approximate surface area is 143 Å². The fourth-order valence-corrected chi connectivity index (χ4v) is 4.04. The number of hydrogen-bond donors (Lipinski definition) is 0. The van der Waals surface area contributed by atoms with E-state index in [-0.39, 0.29) is 11.8 Å². The summed E-state index contributed by atoms with van der Waals surface area (Å²) in [6.45, 7) is 3.12. The molecule has 1 aliphatic heterocycles. The van der Waals surface area contributed by atoms with Crippen LogP contribution in [0.4, 0.5) is 0 Å². The van der Waals surface area contributed by atoms with Crippen LogP contribution in [-0.4, -0.2) is 40.8 Å². The first-order chi connectivity index (χ1) is 11.8. The number of methoxy groups -OCH3 is 1. The molecule has 130 valence electrons. The standard InChI is InChI=1S/C19H27N3O2/c1-24-13-16-11-21(19(23)15-5-3-2-4-6-15)12-18-17(16)9-20-22(18)10-14-7-8-14/h2-3,9,14-16H,4-8,10-13H2,1H3. The van der Waals surface area contributed by atoms with E-state index in [0.29, 0.717) is 19.1 Å². The summed E-state index contributed by atoms with van der Waals surface area (Å²) in [5.41, 5.74) is 2.51. The minimum absolute atomic E-state index is 0.152. The highest BCUT2D eigenvalue weighted by molar-refractivity contribution is 5.79. The quantitative estimate of drug-likeness (QED) is 0.781. The molecule has 0 saturated heterocycles. The van der Waals surface area contributed by atoms with Crippen LogP contribution in [0.25, 0.3) is 0 Å². The summed E-state index contributed by atoms with van der Waals surface area (Å²) in [5, 5.41) is 4.63. The monoisotopic (exact) mass is 329 g/mol. The highest BCUT2D eigenvalue weighted by Gasteiger charge is 2.35. The van der Waals surface area contributed by atoms with Crippen LogP contribution in [0.1, 0.15) is 49.3 Å². The maximum Gasteiger partial charge on any atom is 0.226 e. The van der Waals surface area contributed by atoms with Gasteiger partial charge in [-0.25, -0.2) is 0 Å². The third-order valence-electron chi connectivity index (χ3n) is 5.63. The van der Waals surface area contributed by atoms with Crippen LogP contribution in [0.5, 0.6) is 0 Å². The van der Waals surface area contributed by atoms with Crippen LogP contribution < -0.4 is 0 Å². The number of ether oxygens (including phenoxy) is 1. The number of nitrogens with zero attached hydrogens (tertiary/aromatic N) is 3. The summed E-state index contributed by atoms with van der Waals surface area (Å²) in [5.74, 6) is 1.49. The van der Waals surface area contributed by atoms with Crippen LogP contribution in [-0.2, 0) is 22.6 Å². The molecule has 0 bridgehead atoms. The zero-order valence-electron chi connectivity index (χ0n) is 14.5. The van der Waals surface area contributed by atoms with Gasteiger partial charge in [-0.3, -0.25) is 9.48 Å². The molecule has 2 aliphatic carbocycles. The summed E-state index contributed by atoms with van der Waals surface area (Å²) in [7, 11) is 1.74.